The molecule has 3 rings (SSSR count). The Morgan fingerprint density at radius 1 is 1.15 bits per heavy atom. The molecule has 0 saturated carbocycles. The van der Waals surface area contributed by atoms with E-state index >= 15 is 0 Å². The van der Waals surface area contributed by atoms with Crippen molar-refractivity contribution in [1.82, 2.24) is 15.1 Å². The molecule has 0 aromatic heterocycles. The Kier molecular flexibility index (Phi) is 7.03. The molecular weight excluding hydrogens is 395 g/mol. The summed E-state index contributed by atoms with van der Waals surface area (Å²) >= 11 is 6.16. The Hall–Kier alpha value is -1.89. The van der Waals surface area contributed by atoms with Gasteiger partial charge in [-0.2, -0.15) is 0 Å². The molecule has 1 unspecified atom stereocenters. The van der Waals surface area contributed by atoms with Gasteiger partial charge in [0.25, 0.3) is 0 Å². The van der Waals surface area contributed by atoms with Crippen molar-refractivity contribution in [2.45, 2.75) is 19.1 Å². The van der Waals surface area contributed by atoms with E-state index in [-0.39, 0.29) is 30.3 Å². The number of benzene rings is 2. The van der Waals surface area contributed by atoms with Crippen LogP contribution in [0.15, 0.2) is 36.4 Å². The molecule has 2 amide bonds. The lowest BCUT2D eigenvalue weighted by Gasteiger charge is -2.27. The molecule has 8 heteroatoms. The summed E-state index contributed by atoms with van der Waals surface area (Å²) in [6.07, 6.45) is 0. The summed E-state index contributed by atoms with van der Waals surface area (Å²) < 4.78 is 26.6. The van der Waals surface area contributed by atoms with Crippen LogP contribution in [0.3, 0.4) is 0 Å². The van der Waals surface area contributed by atoms with Gasteiger partial charge in [-0.15, -0.1) is 12.4 Å². The molecule has 0 radical (unpaired) electrons. The molecule has 1 aliphatic heterocycles. The van der Waals surface area contributed by atoms with E-state index in [1.54, 1.807) is 17.0 Å². The second kappa shape index (κ2) is 8.87. The first-order valence-corrected chi connectivity index (χ1v) is 8.64. The second-order valence-electron chi connectivity index (χ2n) is 6.60. The number of fused-ring (bicyclic) bond motifs is 1. The summed E-state index contributed by atoms with van der Waals surface area (Å²) in [6.45, 7) is 1.15. The van der Waals surface area contributed by atoms with Crippen LogP contribution < -0.4 is 5.32 Å². The maximum Gasteiger partial charge on any atom is 0.318 e. The number of nitrogens with zero attached hydrogens (tertiary/aromatic N) is 2. The fourth-order valence-corrected chi connectivity index (χ4v) is 3.44. The van der Waals surface area contributed by atoms with E-state index in [0.29, 0.717) is 24.7 Å². The largest absolute Gasteiger partial charge is 0.336 e. The summed E-state index contributed by atoms with van der Waals surface area (Å²) in [7, 11) is 3.73. The molecule has 2 aromatic rings. The van der Waals surface area contributed by atoms with Gasteiger partial charge >= 0.3 is 6.03 Å². The van der Waals surface area contributed by atoms with E-state index in [2.05, 4.69) is 5.32 Å². The molecule has 27 heavy (non-hydrogen) atoms. The number of amides is 2. The van der Waals surface area contributed by atoms with Gasteiger partial charge in [0.05, 0.1) is 6.04 Å². The van der Waals surface area contributed by atoms with Crippen molar-refractivity contribution in [3.05, 3.63) is 69.7 Å². The average molecular weight is 416 g/mol. The van der Waals surface area contributed by atoms with Crippen molar-refractivity contribution in [2.75, 3.05) is 20.6 Å². The highest BCUT2D eigenvalue weighted by molar-refractivity contribution is 6.31. The molecule has 1 aliphatic rings. The number of halogens is 4. The van der Waals surface area contributed by atoms with Crippen LogP contribution >= 0.6 is 24.0 Å². The predicted molar refractivity (Wildman–Crippen MR) is 104 cm³/mol. The fourth-order valence-electron chi connectivity index (χ4n) is 3.14. The maximum absolute atomic E-state index is 13.3. The van der Waals surface area contributed by atoms with Gasteiger partial charge < -0.3 is 15.1 Å². The quantitative estimate of drug-likeness (QED) is 0.804. The van der Waals surface area contributed by atoms with Gasteiger partial charge in [-0.1, -0.05) is 23.7 Å². The van der Waals surface area contributed by atoms with Crippen LogP contribution in [-0.4, -0.2) is 36.5 Å². The summed E-state index contributed by atoms with van der Waals surface area (Å²) in [4.78, 5) is 16.0. The minimum absolute atomic E-state index is 0. The number of urea groups is 1. The van der Waals surface area contributed by atoms with E-state index in [4.69, 9.17) is 11.6 Å². The molecule has 0 fully saturated rings. The van der Waals surface area contributed by atoms with Gasteiger partial charge in [-0.05, 0) is 55.1 Å². The monoisotopic (exact) mass is 415 g/mol. The van der Waals surface area contributed by atoms with Crippen molar-refractivity contribution < 1.29 is 13.6 Å². The summed E-state index contributed by atoms with van der Waals surface area (Å²) in [6, 6.07) is 8.39. The Bertz CT molecular complexity index is 833. The van der Waals surface area contributed by atoms with Crippen molar-refractivity contribution >= 4 is 30.0 Å². The lowest BCUT2D eigenvalue weighted by Crippen LogP contribution is -2.41. The van der Waals surface area contributed by atoms with Crippen LogP contribution in [0.5, 0.6) is 0 Å². The zero-order chi connectivity index (χ0) is 18.8. The van der Waals surface area contributed by atoms with Crippen LogP contribution in [0.4, 0.5) is 13.6 Å². The predicted octanol–water partition coefficient (Wildman–Crippen LogP) is 4.37. The average Bonchev–Trinajstić information content (AvgIpc) is 2.99. The first-order chi connectivity index (χ1) is 12.3. The Labute approximate surface area is 168 Å². The summed E-state index contributed by atoms with van der Waals surface area (Å²) in [5.41, 5.74) is 2.52. The first kappa shape index (κ1) is 21.4. The molecule has 0 spiro atoms. The van der Waals surface area contributed by atoms with Gasteiger partial charge in [-0.3, -0.25) is 0 Å². The number of hydrogen-bond donors (Lipinski definition) is 1. The number of carbonyl (C=O) groups is 1. The summed E-state index contributed by atoms with van der Waals surface area (Å²) in [5.74, 6) is -0.702. The van der Waals surface area contributed by atoms with Crippen molar-refractivity contribution in [3.8, 4) is 0 Å². The highest BCUT2D eigenvalue weighted by atomic mass is 35.5. The lowest BCUT2D eigenvalue weighted by atomic mass is 10.1. The maximum atomic E-state index is 13.3. The molecule has 1 atom stereocenters. The van der Waals surface area contributed by atoms with Crippen molar-refractivity contribution in [2.24, 2.45) is 0 Å². The van der Waals surface area contributed by atoms with E-state index in [9.17, 15) is 13.6 Å². The fraction of sp³-hybridized carbons (Fsp3) is 0.316. The minimum atomic E-state index is -0.401. The van der Waals surface area contributed by atoms with Crippen LogP contribution in [0, 0.1) is 11.6 Å². The Morgan fingerprint density at radius 2 is 1.78 bits per heavy atom. The number of rotatable bonds is 4. The van der Waals surface area contributed by atoms with Crippen LogP contribution in [0.2, 0.25) is 5.02 Å². The first-order valence-electron chi connectivity index (χ1n) is 8.26. The van der Waals surface area contributed by atoms with Gasteiger partial charge in [0.2, 0.25) is 0 Å². The topological polar surface area (TPSA) is 35.6 Å². The normalized spacial score (nSPS) is 13.9. The van der Waals surface area contributed by atoms with Gasteiger partial charge in [0.15, 0.2) is 0 Å². The SMILES string of the molecule is CN(C)C(CNC(=O)N1Cc2ccc(F)cc2C1)c1ccc(F)cc1Cl.Cl. The third-order valence-electron chi connectivity index (χ3n) is 4.57. The number of carbonyl (C=O) groups excluding carboxylic acids is 1. The van der Waals surface area contributed by atoms with E-state index < -0.39 is 5.82 Å². The highest BCUT2D eigenvalue weighted by Crippen LogP contribution is 2.27. The smallest absolute Gasteiger partial charge is 0.318 e. The molecule has 2 aromatic carbocycles. The molecule has 0 saturated heterocycles. The third kappa shape index (κ3) is 4.89. The van der Waals surface area contributed by atoms with Crippen molar-refractivity contribution in [3.63, 3.8) is 0 Å². The van der Waals surface area contributed by atoms with Gasteiger partial charge in [0.1, 0.15) is 11.6 Å². The van der Waals surface area contributed by atoms with Gasteiger partial charge in [-0.25, -0.2) is 13.6 Å². The zero-order valence-corrected chi connectivity index (χ0v) is 16.6. The lowest BCUT2D eigenvalue weighted by molar-refractivity contribution is 0.193. The Morgan fingerprint density at radius 3 is 2.44 bits per heavy atom. The van der Waals surface area contributed by atoms with Crippen LogP contribution in [0.25, 0.3) is 0 Å². The standard InChI is InChI=1S/C19H20ClF2N3O.ClH/c1-24(2)18(16-6-5-15(22)8-17(16)20)9-23-19(26)25-10-12-3-4-14(21)7-13(12)11-25;/h3-8,18H,9-11H2,1-2H3,(H,23,26);1H. The third-order valence-corrected chi connectivity index (χ3v) is 4.90. The molecule has 1 heterocycles. The van der Waals surface area contributed by atoms with Crippen molar-refractivity contribution in [1.29, 1.82) is 0 Å². The molecular formula is C19H21Cl2F2N3O. The van der Waals surface area contributed by atoms with Crippen LogP contribution in [0.1, 0.15) is 22.7 Å². The van der Waals surface area contributed by atoms with E-state index in [1.807, 2.05) is 19.0 Å². The molecule has 0 aliphatic carbocycles. The Balaban J connectivity index is 0.00000261. The molecule has 0 bridgehead atoms. The number of hydrogen-bond acceptors (Lipinski definition) is 2. The molecule has 1 N–H and O–H groups in total. The second-order valence-corrected chi connectivity index (χ2v) is 7.01. The molecule has 4 nitrogen and oxygen atoms in total. The summed E-state index contributed by atoms with van der Waals surface area (Å²) in [5, 5.41) is 3.22. The highest BCUT2D eigenvalue weighted by Gasteiger charge is 2.25. The van der Waals surface area contributed by atoms with E-state index in [1.165, 1.54) is 24.3 Å². The van der Waals surface area contributed by atoms with Gasteiger partial charge in [0, 0.05) is 24.7 Å². The minimum Gasteiger partial charge on any atom is -0.336 e. The molecule has 146 valence electrons. The number of likely N-dealkylation sites (N-methyl/N-ethyl adjacent to an activating group) is 1. The zero-order valence-electron chi connectivity index (χ0n) is 15.0. The number of nitrogens with one attached hydrogen (secondary N) is 1. The van der Waals surface area contributed by atoms with E-state index in [0.717, 1.165) is 16.7 Å². The van der Waals surface area contributed by atoms with Crippen LogP contribution in [-0.2, 0) is 13.1 Å².